The van der Waals surface area contributed by atoms with Crippen molar-refractivity contribution in [2.45, 2.75) is 33.4 Å². The summed E-state index contributed by atoms with van der Waals surface area (Å²) in [6, 6.07) is 9.27. The lowest BCUT2D eigenvalue weighted by Crippen LogP contribution is -2.36. The van der Waals surface area contributed by atoms with Crippen LogP contribution < -0.4 is 10.9 Å². The van der Waals surface area contributed by atoms with E-state index in [1.54, 1.807) is 6.07 Å². The quantitative estimate of drug-likeness (QED) is 0.913. The normalized spacial score (nSPS) is 10.9. The largest absolute Gasteiger partial charge is 0.352 e. The number of nitrogens with zero attached hydrogens (tertiary/aromatic N) is 1. The van der Waals surface area contributed by atoms with Gasteiger partial charge < -0.3 is 5.32 Å². The van der Waals surface area contributed by atoms with Crippen LogP contribution in [-0.2, 0) is 11.3 Å². The van der Waals surface area contributed by atoms with E-state index in [9.17, 15) is 9.59 Å². The van der Waals surface area contributed by atoms with Gasteiger partial charge in [-0.2, -0.15) is 0 Å². The Hall–Kier alpha value is -2.10. The Kier molecular flexibility index (Phi) is 3.69. The topological polar surface area (TPSA) is 51.1 Å². The number of rotatable bonds is 3. The van der Waals surface area contributed by atoms with E-state index >= 15 is 0 Å². The van der Waals surface area contributed by atoms with E-state index < -0.39 is 0 Å². The van der Waals surface area contributed by atoms with Gasteiger partial charge in [0.05, 0.1) is 5.52 Å². The van der Waals surface area contributed by atoms with Gasteiger partial charge >= 0.3 is 0 Å². The summed E-state index contributed by atoms with van der Waals surface area (Å²) in [6.07, 6.45) is 0. The molecule has 1 aromatic carbocycles. The monoisotopic (exact) mass is 258 g/mol. The highest BCUT2D eigenvalue weighted by molar-refractivity contribution is 5.84. The van der Waals surface area contributed by atoms with Gasteiger partial charge in [-0.05, 0) is 32.4 Å². The molecule has 0 aliphatic rings. The van der Waals surface area contributed by atoms with Crippen molar-refractivity contribution in [2.75, 3.05) is 0 Å². The van der Waals surface area contributed by atoms with Gasteiger partial charge in [0.2, 0.25) is 5.91 Å². The number of aryl methyl sites for hydroxylation is 1. The molecule has 1 heterocycles. The number of benzene rings is 1. The Balaban J connectivity index is 2.48. The lowest BCUT2D eigenvalue weighted by molar-refractivity contribution is -0.122. The van der Waals surface area contributed by atoms with Gasteiger partial charge in [-0.25, -0.2) is 0 Å². The molecule has 0 aliphatic carbocycles. The maximum absolute atomic E-state index is 12.1. The van der Waals surface area contributed by atoms with Crippen LogP contribution in [0, 0.1) is 6.92 Å². The zero-order valence-corrected chi connectivity index (χ0v) is 11.4. The highest BCUT2D eigenvalue weighted by atomic mass is 16.2. The fourth-order valence-corrected chi connectivity index (χ4v) is 2.18. The van der Waals surface area contributed by atoms with Crippen molar-refractivity contribution < 1.29 is 4.79 Å². The molecule has 4 heteroatoms. The Morgan fingerprint density at radius 1 is 1.32 bits per heavy atom. The van der Waals surface area contributed by atoms with Crippen molar-refractivity contribution in [1.82, 2.24) is 9.88 Å². The molecule has 2 aromatic rings. The molecule has 19 heavy (non-hydrogen) atoms. The molecular formula is C15H18N2O2. The van der Waals surface area contributed by atoms with Crippen molar-refractivity contribution in [3.8, 4) is 0 Å². The number of carbonyl (C=O) groups is 1. The summed E-state index contributed by atoms with van der Waals surface area (Å²) in [4.78, 5) is 23.9. The number of amides is 1. The van der Waals surface area contributed by atoms with Crippen LogP contribution in [0.5, 0.6) is 0 Å². The van der Waals surface area contributed by atoms with E-state index in [4.69, 9.17) is 0 Å². The summed E-state index contributed by atoms with van der Waals surface area (Å²) < 4.78 is 1.51. The summed E-state index contributed by atoms with van der Waals surface area (Å²) in [5.74, 6) is -0.147. The molecule has 4 nitrogen and oxygen atoms in total. The van der Waals surface area contributed by atoms with Crippen LogP contribution in [0.1, 0.15) is 19.4 Å². The van der Waals surface area contributed by atoms with E-state index in [1.165, 1.54) is 4.57 Å². The van der Waals surface area contributed by atoms with Gasteiger partial charge in [-0.15, -0.1) is 0 Å². The highest BCUT2D eigenvalue weighted by Crippen LogP contribution is 2.15. The van der Waals surface area contributed by atoms with E-state index in [0.29, 0.717) is 0 Å². The number of pyridine rings is 1. The number of carbonyl (C=O) groups excluding carboxylic acids is 1. The van der Waals surface area contributed by atoms with Crippen LogP contribution in [0.25, 0.3) is 10.9 Å². The zero-order chi connectivity index (χ0) is 14.0. The lowest BCUT2D eigenvalue weighted by atomic mass is 10.1. The fraction of sp³-hybridized carbons (Fsp3) is 0.333. The van der Waals surface area contributed by atoms with Crippen molar-refractivity contribution in [1.29, 1.82) is 0 Å². The summed E-state index contributed by atoms with van der Waals surface area (Å²) in [5, 5.41) is 3.80. The maximum Gasteiger partial charge on any atom is 0.251 e. The predicted octanol–water partition coefficient (Wildman–Crippen LogP) is 1.83. The Bertz CT molecular complexity index is 671. The predicted molar refractivity (Wildman–Crippen MR) is 76.2 cm³/mol. The van der Waals surface area contributed by atoms with Gasteiger partial charge in [0.25, 0.3) is 5.56 Å². The smallest absolute Gasteiger partial charge is 0.251 e. The second kappa shape index (κ2) is 5.26. The third kappa shape index (κ3) is 2.84. The molecule has 0 radical (unpaired) electrons. The van der Waals surface area contributed by atoms with Crippen LogP contribution in [0.3, 0.4) is 0 Å². The number of para-hydroxylation sites is 1. The Labute approximate surface area is 112 Å². The first-order valence-corrected chi connectivity index (χ1v) is 6.37. The van der Waals surface area contributed by atoms with Crippen molar-refractivity contribution >= 4 is 16.8 Å². The van der Waals surface area contributed by atoms with Gasteiger partial charge in [-0.1, -0.05) is 18.2 Å². The molecule has 0 aliphatic heterocycles. The maximum atomic E-state index is 12.1. The molecular weight excluding hydrogens is 240 g/mol. The zero-order valence-electron chi connectivity index (χ0n) is 11.4. The van der Waals surface area contributed by atoms with E-state index in [0.717, 1.165) is 16.5 Å². The first kappa shape index (κ1) is 13.3. The minimum Gasteiger partial charge on any atom is -0.352 e. The highest BCUT2D eigenvalue weighted by Gasteiger charge is 2.10. The minimum absolute atomic E-state index is 0.0534. The molecule has 0 saturated carbocycles. The van der Waals surface area contributed by atoms with Crippen molar-refractivity contribution in [3.05, 3.63) is 46.2 Å². The lowest BCUT2D eigenvalue weighted by Gasteiger charge is -2.13. The Morgan fingerprint density at radius 3 is 2.68 bits per heavy atom. The van der Waals surface area contributed by atoms with Crippen LogP contribution >= 0.6 is 0 Å². The average molecular weight is 258 g/mol. The molecule has 0 bridgehead atoms. The molecule has 0 fully saturated rings. The number of fused-ring (bicyclic) bond motifs is 1. The molecule has 1 N–H and O–H groups in total. The summed E-state index contributed by atoms with van der Waals surface area (Å²) in [7, 11) is 0. The Morgan fingerprint density at radius 2 is 2.00 bits per heavy atom. The van der Waals surface area contributed by atoms with Crippen LogP contribution in [0.4, 0.5) is 0 Å². The molecule has 1 amide bonds. The summed E-state index contributed by atoms with van der Waals surface area (Å²) >= 11 is 0. The molecule has 0 atom stereocenters. The molecule has 0 unspecified atom stereocenters. The van der Waals surface area contributed by atoms with Gasteiger partial charge in [0, 0.05) is 17.5 Å². The number of hydrogen-bond acceptors (Lipinski definition) is 2. The molecule has 100 valence electrons. The van der Waals surface area contributed by atoms with Crippen LogP contribution in [0.15, 0.2) is 35.1 Å². The summed E-state index contributed by atoms with van der Waals surface area (Å²) in [6.45, 7) is 5.75. The third-order valence-electron chi connectivity index (χ3n) is 2.98. The van der Waals surface area contributed by atoms with Crippen molar-refractivity contribution in [2.24, 2.45) is 0 Å². The van der Waals surface area contributed by atoms with Crippen LogP contribution in [0.2, 0.25) is 0 Å². The van der Waals surface area contributed by atoms with Crippen molar-refractivity contribution in [3.63, 3.8) is 0 Å². The van der Waals surface area contributed by atoms with Gasteiger partial charge in [0.15, 0.2) is 0 Å². The first-order valence-electron chi connectivity index (χ1n) is 6.37. The average Bonchev–Trinajstić information content (AvgIpc) is 2.33. The molecule has 2 rings (SSSR count). The first-order chi connectivity index (χ1) is 8.99. The van der Waals surface area contributed by atoms with Gasteiger partial charge in [0.1, 0.15) is 6.54 Å². The minimum atomic E-state index is -0.147. The van der Waals surface area contributed by atoms with E-state index in [2.05, 4.69) is 5.32 Å². The number of nitrogens with one attached hydrogen (secondary N) is 1. The standard InChI is InChI=1S/C15H18N2O2/c1-10(2)16-14(18)9-17-13-7-5-4-6-12(13)11(3)8-15(17)19/h4-8,10H,9H2,1-3H3,(H,16,18). The second-order valence-electron chi connectivity index (χ2n) is 4.99. The van der Waals surface area contributed by atoms with Crippen LogP contribution in [-0.4, -0.2) is 16.5 Å². The fourth-order valence-electron chi connectivity index (χ4n) is 2.18. The SMILES string of the molecule is Cc1cc(=O)n(CC(=O)NC(C)C)c2ccccc12. The van der Waals surface area contributed by atoms with Gasteiger partial charge in [-0.3, -0.25) is 14.2 Å². The third-order valence-corrected chi connectivity index (χ3v) is 2.98. The number of aromatic nitrogens is 1. The number of hydrogen-bond donors (Lipinski definition) is 1. The second-order valence-corrected chi connectivity index (χ2v) is 4.99. The summed E-state index contributed by atoms with van der Waals surface area (Å²) in [5.41, 5.74) is 1.59. The van der Waals surface area contributed by atoms with E-state index in [1.807, 2.05) is 45.0 Å². The molecule has 0 saturated heterocycles. The molecule has 0 spiro atoms. The molecule has 1 aromatic heterocycles. The van der Waals surface area contributed by atoms with E-state index in [-0.39, 0.29) is 24.1 Å².